The van der Waals surface area contributed by atoms with E-state index in [1.807, 2.05) is 25.3 Å². The number of nitrogens with one attached hydrogen (secondary N) is 4. The van der Waals surface area contributed by atoms with Gasteiger partial charge in [-0.25, -0.2) is 16.0 Å². The van der Waals surface area contributed by atoms with E-state index in [2.05, 4.69) is 64.6 Å². The number of nitrogens with zero attached hydrogens (tertiary/aromatic N) is 2. The monoisotopic (exact) mass is 666 g/mol. The molecule has 0 aliphatic heterocycles. The maximum Gasteiger partial charge on any atom is 0.407 e. The first-order chi connectivity index (χ1) is 22.2. The molecule has 3 atom stereocenters. The molecule has 0 bridgehead atoms. The molecule has 262 valence electrons. The van der Waals surface area contributed by atoms with E-state index in [-0.39, 0.29) is 56.1 Å². The molecule has 0 aromatic rings. The fourth-order valence-electron chi connectivity index (χ4n) is 4.73. The molecule has 0 radical (unpaired) electrons. The molecular weight excluding hydrogens is 607 g/mol. The Morgan fingerprint density at radius 1 is 0.913 bits per heavy atom. The molecule has 0 spiro atoms. The second-order valence-electron chi connectivity index (χ2n) is 11.9. The average molecular weight is 667 g/mol. The van der Waals surface area contributed by atoms with Crippen LogP contribution in [0.25, 0.3) is 4.85 Å². The van der Waals surface area contributed by atoms with Crippen LogP contribution >= 0.6 is 8.53 Å². The molecule has 0 heterocycles. The number of rotatable bonds is 26. The number of hydrogen-bond acceptors (Lipinski definition) is 8. The van der Waals surface area contributed by atoms with Crippen LogP contribution in [0.3, 0.4) is 0 Å². The Labute approximate surface area is 278 Å². The summed E-state index contributed by atoms with van der Waals surface area (Å²) < 4.78 is 19.9. The minimum absolute atomic E-state index is 0.0484. The van der Waals surface area contributed by atoms with Gasteiger partial charge >= 0.3 is 6.09 Å². The number of unbranched alkanes of at least 4 members (excludes halogenated alkanes) is 4. The molecule has 3 unspecified atom stereocenters. The van der Waals surface area contributed by atoms with Crippen molar-refractivity contribution in [3.8, 4) is 0 Å². The zero-order valence-corrected chi connectivity index (χ0v) is 29.6. The van der Waals surface area contributed by atoms with Crippen LogP contribution in [0.1, 0.15) is 85.5 Å². The molecule has 1 aliphatic carbocycles. The summed E-state index contributed by atoms with van der Waals surface area (Å²) in [6.07, 6.45) is 13.8. The van der Waals surface area contributed by atoms with Gasteiger partial charge in [-0.05, 0) is 73.4 Å². The molecule has 0 fully saturated rings. The predicted octanol–water partition coefficient (Wildman–Crippen LogP) is 5.08. The quantitative estimate of drug-likeness (QED) is 0.0571. The normalized spacial score (nSPS) is 15.5. The summed E-state index contributed by atoms with van der Waals surface area (Å²) in [7, 11) is 0.382. The smallest absolute Gasteiger partial charge is 0.407 e. The first-order valence-electron chi connectivity index (χ1n) is 16.8. The predicted molar refractivity (Wildman–Crippen MR) is 184 cm³/mol. The van der Waals surface area contributed by atoms with E-state index < -0.39 is 20.7 Å². The van der Waals surface area contributed by atoms with Gasteiger partial charge in [-0.2, -0.15) is 0 Å². The number of carbonyl (C=O) groups is 3. The molecule has 13 heteroatoms. The molecule has 0 saturated carbocycles. The van der Waals surface area contributed by atoms with Gasteiger partial charge in [0.15, 0.2) is 0 Å². The Morgan fingerprint density at radius 3 is 2.09 bits per heavy atom. The van der Waals surface area contributed by atoms with Crippen LogP contribution in [0.2, 0.25) is 0 Å². The topological polar surface area (TPSA) is 135 Å². The Kier molecular flexibility index (Phi) is 23.9. The lowest BCUT2D eigenvalue weighted by molar-refractivity contribution is -0.121. The van der Waals surface area contributed by atoms with Gasteiger partial charge in [0, 0.05) is 50.5 Å². The van der Waals surface area contributed by atoms with E-state index >= 15 is 0 Å². The SMILES string of the molecule is [C-]#[N+]CCOP(OC(CNC(=O)CCCCCNC)CNC(=O)CCCCCNC(=O)OCC1C=CC=CC1)N(C(C)C)C(C)C. The van der Waals surface area contributed by atoms with Crippen LogP contribution in [0.5, 0.6) is 0 Å². The molecule has 1 rings (SSSR count). The second-order valence-corrected chi connectivity index (χ2v) is 13.3. The lowest BCUT2D eigenvalue weighted by Crippen LogP contribution is -2.43. The van der Waals surface area contributed by atoms with Crippen LogP contribution < -0.4 is 21.3 Å². The van der Waals surface area contributed by atoms with E-state index in [1.54, 1.807) is 0 Å². The molecule has 46 heavy (non-hydrogen) atoms. The Balaban J connectivity index is 2.56. The lowest BCUT2D eigenvalue weighted by atomic mass is 10.0. The molecular formula is C33H59N6O6P. The minimum Gasteiger partial charge on any atom is -0.449 e. The van der Waals surface area contributed by atoms with Gasteiger partial charge in [-0.1, -0.05) is 37.1 Å². The summed E-state index contributed by atoms with van der Waals surface area (Å²) in [4.78, 5) is 40.6. The number of amides is 3. The fourth-order valence-corrected chi connectivity index (χ4v) is 6.43. The van der Waals surface area contributed by atoms with E-state index in [0.29, 0.717) is 32.4 Å². The Bertz CT molecular complexity index is 949. The van der Waals surface area contributed by atoms with Crippen molar-refractivity contribution < 1.29 is 28.2 Å². The molecule has 3 amide bonds. The van der Waals surface area contributed by atoms with Crippen LogP contribution in [-0.2, 0) is 23.4 Å². The first-order valence-corrected chi connectivity index (χ1v) is 17.9. The second kappa shape index (κ2) is 26.5. The summed E-state index contributed by atoms with van der Waals surface area (Å²) in [6, 6.07) is 0.258. The molecule has 0 saturated heterocycles. The van der Waals surface area contributed by atoms with Crippen LogP contribution in [0.4, 0.5) is 4.79 Å². The van der Waals surface area contributed by atoms with Gasteiger partial charge in [0.1, 0.15) is 12.7 Å². The van der Waals surface area contributed by atoms with Gasteiger partial charge < -0.3 is 39.9 Å². The first kappa shape index (κ1) is 41.5. The highest BCUT2D eigenvalue weighted by Gasteiger charge is 2.30. The number of alkyl carbamates (subject to hydrolysis) is 1. The Hall–Kier alpha value is -2.55. The summed E-state index contributed by atoms with van der Waals surface area (Å²) in [5.41, 5.74) is 0. The molecule has 1 aliphatic rings. The molecule has 12 nitrogen and oxygen atoms in total. The van der Waals surface area contributed by atoms with Crippen LogP contribution in [0, 0.1) is 12.5 Å². The summed E-state index contributed by atoms with van der Waals surface area (Å²) in [6.45, 7) is 18.1. The zero-order chi connectivity index (χ0) is 34.0. The van der Waals surface area contributed by atoms with E-state index in [4.69, 9.17) is 20.4 Å². The number of ether oxygens (including phenoxy) is 1. The highest BCUT2D eigenvalue weighted by molar-refractivity contribution is 7.44. The van der Waals surface area contributed by atoms with Gasteiger partial charge in [0.25, 0.3) is 8.53 Å². The summed E-state index contributed by atoms with van der Waals surface area (Å²) >= 11 is 0. The van der Waals surface area contributed by atoms with Gasteiger partial charge in [-0.3, -0.25) is 9.59 Å². The molecule has 0 aromatic carbocycles. The van der Waals surface area contributed by atoms with Gasteiger partial charge in [0.2, 0.25) is 18.4 Å². The van der Waals surface area contributed by atoms with Gasteiger partial charge in [0.05, 0.1) is 6.61 Å². The Morgan fingerprint density at radius 2 is 1.54 bits per heavy atom. The third kappa shape index (κ3) is 20.5. The maximum atomic E-state index is 12.7. The number of allylic oxidation sites excluding steroid dienone is 3. The summed E-state index contributed by atoms with van der Waals surface area (Å²) in [5, 5.41) is 11.8. The average Bonchev–Trinajstić information content (AvgIpc) is 3.03. The summed E-state index contributed by atoms with van der Waals surface area (Å²) in [5.74, 6) is 0.0734. The highest BCUT2D eigenvalue weighted by atomic mass is 31.2. The largest absolute Gasteiger partial charge is 0.449 e. The van der Waals surface area contributed by atoms with Crippen LogP contribution in [0.15, 0.2) is 24.3 Å². The van der Waals surface area contributed by atoms with Crippen molar-refractivity contribution in [3.05, 3.63) is 35.7 Å². The third-order valence-corrected chi connectivity index (χ3v) is 9.31. The minimum atomic E-state index is -1.53. The van der Waals surface area contributed by atoms with Gasteiger partial charge in [-0.15, -0.1) is 0 Å². The number of carbonyl (C=O) groups excluding carboxylic acids is 3. The van der Waals surface area contributed by atoms with Crippen molar-refractivity contribution in [2.45, 2.75) is 104 Å². The highest BCUT2D eigenvalue weighted by Crippen LogP contribution is 2.46. The third-order valence-electron chi connectivity index (χ3n) is 7.12. The fraction of sp³-hybridized carbons (Fsp3) is 0.758. The van der Waals surface area contributed by atoms with Crippen molar-refractivity contribution in [1.82, 2.24) is 25.9 Å². The van der Waals surface area contributed by atoms with Crippen molar-refractivity contribution in [2.24, 2.45) is 5.92 Å². The van der Waals surface area contributed by atoms with E-state index in [9.17, 15) is 14.4 Å². The van der Waals surface area contributed by atoms with E-state index in [0.717, 1.165) is 45.1 Å². The van der Waals surface area contributed by atoms with Crippen molar-refractivity contribution in [1.29, 1.82) is 0 Å². The zero-order valence-electron chi connectivity index (χ0n) is 28.7. The molecule has 4 N–H and O–H groups in total. The standard InChI is InChI=1S/C33H59N6O6P/c1-27(2)39(28(3)4)46(44-23-22-35-6)45-30(24-37-31(40)18-12-8-14-20-34-5)25-38-32(41)19-13-9-15-21-36-33(42)43-26-29-16-10-7-11-17-29/h7,10-11,16,27-30,34H,8-9,12-15,17-26H2,1-5H3,(H,36,42)(H,37,40)(H,38,41). The van der Waals surface area contributed by atoms with E-state index in [1.165, 1.54) is 0 Å². The van der Waals surface area contributed by atoms with Crippen molar-refractivity contribution in [2.75, 3.05) is 53.0 Å². The van der Waals surface area contributed by atoms with Crippen molar-refractivity contribution >= 4 is 26.4 Å². The van der Waals surface area contributed by atoms with Crippen LogP contribution in [-0.4, -0.2) is 93.8 Å². The lowest BCUT2D eigenvalue weighted by Gasteiger charge is -2.37. The molecule has 0 aromatic heterocycles. The van der Waals surface area contributed by atoms with Crippen molar-refractivity contribution in [3.63, 3.8) is 0 Å². The number of hydrogen-bond donors (Lipinski definition) is 4. The maximum absolute atomic E-state index is 12.7.